The van der Waals surface area contributed by atoms with Crippen LogP contribution >= 0.6 is 0 Å². The second kappa shape index (κ2) is 3.76. The molecule has 1 saturated heterocycles. The first-order valence-corrected chi connectivity index (χ1v) is 4.09. The lowest BCUT2D eigenvalue weighted by molar-refractivity contribution is -0.0116. The normalized spacial score (nSPS) is 29.1. The molecule has 2 unspecified atom stereocenters. The van der Waals surface area contributed by atoms with E-state index in [-0.39, 0.29) is 18.4 Å². The maximum absolute atomic E-state index is 11.2. The second-order valence-electron chi connectivity index (χ2n) is 2.99. The van der Waals surface area contributed by atoms with Crippen molar-refractivity contribution in [1.82, 2.24) is 4.90 Å². The first kappa shape index (κ1) is 9.32. The molecule has 1 amide bonds. The van der Waals surface area contributed by atoms with Crippen molar-refractivity contribution in [3.63, 3.8) is 0 Å². The Morgan fingerprint density at radius 2 is 2.08 bits per heavy atom. The number of amides is 1. The van der Waals surface area contributed by atoms with E-state index in [0.29, 0.717) is 0 Å². The van der Waals surface area contributed by atoms with E-state index in [9.17, 15) is 4.79 Å². The summed E-state index contributed by atoms with van der Waals surface area (Å²) in [7, 11) is 3.00. The zero-order valence-corrected chi connectivity index (χ0v) is 7.74. The molecule has 1 aliphatic heterocycles. The number of likely N-dealkylation sites (tertiary alicyclic amines) is 1. The van der Waals surface area contributed by atoms with E-state index in [1.54, 1.807) is 12.0 Å². The first-order chi connectivity index (χ1) is 5.70. The van der Waals surface area contributed by atoms with Gasteiger partial charge in [0.2, 0.25) is 0 Å². The van der Waals surface area contributed by atoms with Crippen molar-refractivity contribution < 1.29 is 14.3 Å². The molecule has 4 heteroatoms. The third-order valence-corrected chi connectivity index (χ3v) is 2.27. The van der Waals surface area contributed by atoms with Crippen LogP contribution in [0.5, 0.6) is 0 Å². The Hall–Kier alpha value is -0.770. The molecule has 0 radical (unpaired) electrons. The SMILES string of the molecule is COC(=O)N1C(C)CCC1OC. The van der Waals surface area contributed by atoms with Gasteiger partial charge >= 0.3 is 6.09 Å². The molecule has 0 aromatic carbocycles. The van der Waals surface area contributed by atoms with Gasteiger partial charge in [-0.1, -0.05) is 0 Å². The van der Waals surface area contributed by atoms with E-state index in [1.807, 2.05) is 6.92 Å². The lowest BCUT2D eigenvalue weighted by atomic mass is 10.2. The summed E-state index contributed by atoms with van der Waals surface area (Å²) in [6, 6.07) is 0.224. The van der Waals surface area contributed by atoms with E-state index < -0.39 is 0 Å². The summed E-state index contributed by atoms with van der Waals surface area (Å²) in [6.07, 6.45) is 1.47. The first-order valence-electron chi connectivity index (χ1n) is 4.09. The molecule has 0 spiro atoms. The zero-order valence-electron chi connectivity index (χ0n) is 7.74. The Bertz CT molecular complexity index is 172. The van der Waals surface area contributed by atoms with Crippen LogP contribution in [0.2, 0.25) is 0 Å². The molecular weight excluding hydrogens is 158 g/mol. The molecule has 2 atom stereocenters. The molecule has 70 valence electrons. The van der Waals surface area contributed by atoms with Crippen LogP contribution in [0.1, 0.15) is 19.8 Å². The fraction of sp³-hybridized carbons (Fsp3) is 0.875. The Labute approximate surface area is 72.4 Å². The number of ether oxygens (including phenoxy) is 2. The molecule has 1 fully saturated rings. The van der Waals surface area contributed by atoms with Crippen LogP contribution in [-0.2, 0) is 9.47 Å². The minimum absolute atomic E-state index is 0.104. The summed E-state index contributed by atoms with van der Waals surface area (Å²) in [4.78, 5) is 12.9. The highest BCUT2D eigenvalue weighted by atomic mass is 16.6. The molecule has 12 heavy (non-hydrogen) atoms. The molecule has 0 bridgehead atoms. The van der Waals surface area contributed by atoms with Crippen LogP contribution in [0, 0.1) is 0 Å². The monoisotopic (exact) mass is 173 g/mol. The summed E-state index contributed by atoms with van der Waals surface area (Å²) in [5.41, 5.74) is 0. The number of hydrogen-bond acceptors (Lipinski definition) is 3. The number of hydrogen-bond donors (Lipinski definition) is 0. The Kier molecular flexibility index (Phi) is 2.92. The molecule has 0 aliphatic carbocycles. The largest absolute Gasteiger partial charge is 0.453 e. The third-order valence-electron chi connectivity index (χ3n) is 2.27. The molecule has 0 aromatic heterocycles. The van der Waals surface area contributed by atoms with Gasteiger partial charge in [-0.05, 0) is 19.8 Å². The number of carbonyl (C=O) groups excluding carboxylic acids is 1. The number of carbonyl (C=O) groups is 1. The van der Waals surface area contributed by atoms with Crippen LogP contribution in [0.25, 0.3) is 0 Å². The molecule has 0 aromatic rings. The van der Waals surface area contributed by atoms with Gasteiger partial charge in [-0.2, -0.15) is 0 Å². The zero-order chi connectivity index (χ0) is 9.14. The van der Waals surface area contributed by atoms with Crippen molar-refractivity contribution in [2.45, 2.75) is 32.0 Å². The number of rotatable bonds is 1. The lowest BCUT2D eigenvalue weighted by Gasteiger charge is -2.25. The summed E-state index contributed by atoms with van der Waals surface area (Å²) < 4.78 is 9.79. The van der Waals surface area contributed by atoms with Crippen LogP contribution in [0.15, 0.2) is 0 Å². The predicted octanol–water partition coefficient (Wildman–Crippen LogP) is 1.21. The second-order valence-corrected chi connectivity index (χ2v) is 2.99. The maximum atomic E-state index is 11.2. The fourth-order valence-corrected chi connectivity index (χ4v) is 1.58. The molecular formula is C8H15NO3. The van der Waals surface area contributed by atoms with Crippen LogP contribution < -0.4 is 0 Å². The minimum Gasteiger partial charge on any atom is -0.453 e. The standard InChI is InChI=1S/C8H15NO3/c1-6-4-5-7(11-2)9(6)8(10)12-3/h6-7H,4-5H2,1-3H3. The van der Waals surface area contributed by atoms with E-state index in [2.05, 4.69) is 4.74 Å². The summed E-state index contributed by atoms with van der Waals surface area (Å²) in [5, 5.41) is 0. The van der Waals surface area contributed by atoms with Crippen LogP contribution in [0.4, 0.5) is 4.79 Å². The van der Waals surface area contributed by atoms with Gasteiger partial charge in [-0.15, -0.1) is 0 Å². The quantitative estimate of drug-likeness (QED) is 0.598. The van der Waals surface area contributed by atoms with Crippen LogP contribution in [-0.4, -0.2) is 37.5 Å². The van der Waals surface area contributed by atoms with Gasteiger partial charge in [0.25, 0.3) is 0 Å². The lowest BCUT2D eigenvalue weighted by Crippen LogP contribution is -2.40. The molecule has 1 rings (SSSR count). The van der Waals surface area contributed by atoms with Crippen molar-refractivity contribution in [1.29, 1.82) is 0 Å². The molecule has 0 N–H and O–H groups in total. The average molecular weight is 173 g/mol. The number of nitrogens with zero attached hydrogens (tertiary/aromatic N) is 1. The maximum Gasteiger partial charge on any atom is 0.411 e. The van der Waals surface area contributed by atoms with Gasteiger partial charge in [0.15, 0.2) is 0 Å². The van der Waals surface area contributed by atoms with Gasteiger partial charge < -0.3 is 9.47 Å². The van der Waals surface area contributed by atoms with Crippen molar-refractivity contribution >= 4 is 6.09 Å². The Morgan fingerprint density at radius 1 is 1.42 bits per heavy atom. The van der Waals surface area contributed by atoms with Crippen molar-refractivity contribution in [2.75, 3.05) is 14.2 Å². The number of methoxy groups -OCH3 is 2. The highest BCUT2D eigenvalue weighted by Gasteiger charge is 2.34. The summed E-state index contributed by atoms with van der Waals surface area (Å²) in [5.74, 6) is 0. The average Bonchev–Trinajstić information content (AvgIpc) is 2.45. The van der Waals surface area contributed by atoms with Gasteiger partial charge in [0.05, 0.1) is 7.11 Å². The topological polar surface area (TPSA) is 38.8 Å². The predicted molar refractivity (Wildman–Crippen MR) is 43.7 cm³/mol. The van der Waals surface area contributed by atoms with E-state index in [4.69, 9.17) is 4.74 Å². The Morgan fingerprint density at radius 3 is 2.58 bits per heavy atom. The highest BCUT2D eigenvalue weighted by Crippen LogP contribution is 2.24. The van der Waals surface area contributed by atoms with Gasteiger partial charge in [-0.3, -0.25) is 4.90 Å². The molecule has 1 heterocycles. The Balaban J connectivity index is 2.63. The van der Waals surface area contributed by atoms with Gasteiger partial charge in [0.1, 0.15) is 6.23 Å². The summed E-state index contributed by atoms with van der Waals surface area (Å²) >= 11 is 0. The smallest absolute Gasteiger partial charge is 0.411 e. The van der Waals surface area contributed by atoms with Gasteiger partial charge in [-0.25, -0.2) is 4.79 Å². The molecule has 0 saturated carbocycles. The summed E-state index contributed by atoms with van der Waals surface area (Å²) in [6.45, 7) is 2.00. The highest BCUT2D eigenvalue weighted by molar-refractivity contribution is 5.68. The van der Waals surface area contributed by atoms with Crippen molar-refractivity contribution in [2.24, 2.45) is 0 Å². The fourth-order valence-electron chi connectivity index (χ4n) is 1.58. The van der Waals surface area contributed by atoms with Gasteiger partial charge in [0, 0.05) is 13.2 Å². The third kappa shape index (κ3) is 1.53. The molecule has 1 aliphatic rings. The molecule has 4 nitrogen and oxygen atoms in total. The van der Waals surface area contributed by atoms with E-state index in [1.165, 1.54) is 7.11 Å². The van der Waals surface area contributed by atoms with Crippen molar-refractivity contribution in [3.05, 3.63) is 0 Å². The minimum atomic E-state index is -0.299. The van der Waals surface area contributed by atoms with E-state index >= 15 is 0 Å². The van der Waals surface area contributed by atoms with Crippen LogP contribution in [0.3, 0.4) is 0 Å². The van der Waals surface area contributed by atoms with E-state index in [0.717, 1.165) is 12.8 Å². The van der Waals surface area contributed by atoms with Crippen molar-refractivity contribution in [3.8, 4) is 0 Å².